The number of carbonyl (C=O) groups excluding carboxylic acids is 4. The second kappa shape index (κ2) is 11.4. The first-order valence-corrected chi connectivity index (χ1v) is 10.2. The van der Waals surface area contributed by atoms with E-state index in [1.165, 1.54) is 38.5 Å². The van der Waals surface area contributed by atoms with Gasteiger partial charge in [0.25, 0.3) is 0 Å². The highest BCUT2D eigenvalue weighted by molar-refractivity contribution is 6.02. The number of carbonyl (C=O) groups is 4. The minimum atomic E-state index is -0.727. The molecule has 0 aromatic heterocycles. The third-order valence-electron chi connectivity index (χ3n) is 4.84. The largest absolute Gasteiger partial charge is 0.496 e. The van der Waals surface area contributed by atoms with Crippen molar-refractivity contribution < 1.29 is 38.1 Å². The molecular formula is C26H22O8. The van der Waals surface area contributed by atoms with Crippen LogP contribution in [0.25, 0.3) is 0 Å². The summed E-state index contributed by atoms with van der Waals surface area (Å²) >= 11 is 0. The summed E-state index contributed by atoms with van der Waals surface area (Å²) < 4.78 is 20.4. The zero-order chi connectivity index (χ0) is 24.5. The van der Waals surface area contributed by atoms with Crippen LogP contribution in [0.15, 0.2) is 72.8 Å². The van der Waals surface area contributed by atoms with Gasteiger partial charge in [0, 0.05) is 0 Å². The van der Waals surface area contributed by atoms with Gasteiger partial charge in [0.2, 0.25) is 11.6 Å². The van der Waals surface area contributed by atoms with E-state index in [4.69, 9.17) is 18.9 Å². The molecule has 0 saturated carbocycles. The Bertz CT molecular complexity index is 1100. The Morgan fingerprint density at radius 3 is 1.26 bits per heavy atom. The molecular weight excluding hydrogens is 440 g/mol. The first kappa shape index (κ1) is 24.2. The van der Waals surface area contributed by atoms with Crippen LogP contribution in [0.2, 0.25) is 0 Å². The molecule has 0 atom stereocenters. The summed E-state index contributed by atoms with van der Waals surface area (Å²) in [5, 5.41) is 0. The van der Waals surface area contributed by atoms with Crippen LogP contribution in [0.4, 0.5) is 0 Å². The predicted molar refractivity (Wildman–Crippen MR) is 122 cm³/mol. The summed E-state index contributed by atoms with van der Waals surface area (Å²) in [5.74, 6) is -1.51. The van der Waals surface area contributed by atoms with E-state index in [0.717, 1.165) is 0 Å². The molecule has 3 aromatic rings. The van der Waals surface area contributed by atoms with E-state index in [-0.39, 0.29) is 11.1 Å². The third-order valence-corrected chi connectivity index (χ3v) is 4.84. The average Bonchev–Trinajstić information content (AvgIpc) is 2.89. The lowest BCUT2D eigenvalue weighted by molar-refractivity contribution is 0.0467. The molecule has 0 heterocycles. The molecule has 3 rings (SSSR count). The SMILES string of the molecule is COc1ccccc1C(=O)COC(=O)c1ccc(C(=O)OCC(=O)c2ccccc2OC)cc1. The number of hydrogen-bond donors (Lipinski definition) is 0. The Morgan fingerprint density at radius 1 is 0.559 bits per heavy atom. The van der Waals surface area contributed by atoms with Crippen molar-refractivity contribution in [2.45, 2.75) is 0 Å². The fraction of sp³-hybridized carbons (Fsp3) is 0.154. The molecule has 0 spiro atoms. The number of esters is 2. The third kappa shape index (κ3) is 5.86. The van der Waals surface area contributed by atoms with Gasteiger partial charge in [-0.05, 0) is 48.5 Å². The predicted octanol–water partition coefficient (Wildman–Crippen LogP) is 3.78. The zero-order valence-electron chi connectivity index (χ0n) is 18.6. The molecule has 0 bridgehead atoms. The Morgan fingerprint density at radius 2 is 0.912 bits per heavy atom. The Hall–Kier alpha value is -4.46. The zero-order valence-corrected chi connectivity index (χ0v) is 18.6. The van der Waals surface area contributed by atoms with Gasteiger partial charge in [-0.15, -0.1) is 0 Å². The molecule has 0 aliphatic heterocycles. The normalized spacial score (nSPS) is 10.2. The Kier molecular flexibility index (Phi) is 8.12. The summed E-state index contributed by atoms with van der Waals surface area (Å²) in [5.41, 5.74) is 0.904. The van der Waals surface area contributed by atoms with E-state index in [2.05, 4.69) is 0 Å². The molecule has 8 heteroatoms. The van der Waals surface area contributed by atoms with E-state index in [9.17, 15) is 19.2 Å². The number of para-hydroxylation sites is 2. The van der Waals surface area contributed by atoms with Crippen LogP contribution in [-0.4, -0.2) is 50.9 Å². The van der Waals surface area contributed by atoms with Crippen molar-refractivity contribution in [1.82, 2.24) is 0 Å². The quantitative estimate of drug-likeness (QED) is 0.331. The van der Waals surface area contributed by atoms with Gasteiger partial charge in [0.05, 0.1) is 36.5 Å². The molecule has 3 aromatic carbocycles. The van der Waals surface area contributed by atoms with Crippen molar-refractivity contribution >= 4 is 23.5 Å². The van der Waals surface area contributed by atoms with Gasteiger partial charge < -0.3 is 18.9 Å². The number of ether oxygens (including phenoxy) is 4. The van der Waals surface area contributed by atoms with Gasteiger partial charge in [0.1, 0.15) is 11.5 Å². The highest BCUT2D eigenvalue weighted by Crippen LogP contribution is 2.19. The summed E-state index contributed by atoms with van der Waals surface area (Å²) in [4.78, 5) is 49.2. The molecule has 0 fully saturated rings. The van der Waals surface area contributed by atoms with Crippen molar-refractivity contribution in [1.29, 1.82) is 0 Å². The highest BCUT2D eigenvalue weighted by Gasteiger charge is 2.17. The topological polar surface area (TPSA) is 105 Å². The minimum Gasteiger partial charge on any atom is -0.496 e. The monoisotopic (exact) mass is 462 g/mol. The fourth-order valence-corrected chi connectivity index (χ4v) is 3.08. The van der Waals surface area contributed by atoms with E-state index < -0.39 is 36.7 Å². The lowest BCUT2D eigenvalue weighted by Crippen LogP contribution is -2.16. The highest BCUT2D eigenvalue weighted by atomic mass is 16.5. The molecule has 0 unspecified atom stereocenters. The second-order valence-corrected chi connectivity index (χ2v) is 6.98. The fourth-order valence-electron chi connectivity index (χ4n) is 3.08. The van der Waals surface area contributed by atoms with Crippen molar-refractivity contribution in [3.8, 4) is 11.5 Å². The molecule has 0 radical (unpaired) electrons. The van der Waals surface area contributed by atoms with E-state index in [1.807, 2.05) is 0 Å². The molecule has 0 amide bonds. The summed E-state index contributed by atoms with van der Waals surface area (Å²) in [6, 6.07) is 18.7. The molecule has 174 valence electrons. The average molecular weight is 462 g/mol. The van der Waals surface area contributed by atoms with Gasteiger partial charge >= 0.3 is 11.9 Å². The van der Waals surface area contributed by atoms with Gasteiger partial charge in [-0.2, -0.15) is 0 Å². The van der Waals surface area contributed by atoms with E-state index >= 15 is 0 Å². The smallest absolute Gasteiger partial charge is 0.338 e. The Labute approximate surface area is 196 Å². The van der Waals surface area contributed by atoms with Crippen molar-refractivity contribution in [2.75, 3.05) is 27.4 Å². The number of benzene rings is 3. The number of Topliss-reactive ketones (excluding diaryl/α,β-unsaturated/α-hetero) is 2. The second-order valence-electron chi connectivity index (χ2n) is 6.98. The van der Waals surface area contributed by atoms with Gasteiger partial charge in [-0.25, -0.2) is 9.59 Å². The lowest BCUT2D eigenvalue weighted by Gasteiger charge is -2.09. The maximum atomic E-state index is 12.3. The van der Waals surface area contributed by atoms with Crippen LogP contribution in [0.3, 0.4) is 0 Å². The maximum absolute atomic E-state index is 12.3. The van der Waals surface area contributed by atoms with Gasteiger partial charge in [0.15, 0.2) is 13.2 Å². The molecule has 0 N–H and O–H groups in total. The molecule has 0 aliphatic carbocycles. The van der Waals surface area contributed by atoms with Crippen molar-refractivity contribution in [3.05, 3.63) is 95.1 Å². The number of hydrogen-bond acceptors (Lipinski definition) is 8. The van der Waals surface area contributed by atoms with Gasteiger partial charge in [-0.1, -0.05) is 24.3 Å². The van der Waals surface area contributed by atoms with Crippen LogP contribution in [0, 0.1) is 0 Å². The number of ketones is 2. The minimum absolute atomic E-state index is 0.148. The van der Waals surface area contributed by atoms with Crippen LogP contribution in [0.5, 0.6) is 11.5 Å². The summed E-state index contributed by atoms with van der Waals surface area (Å²) in [6.45, 7) is -0.928. The standard InChI is InChI=1S/C26H22O8/c1-31-23-9-5-3-7-19(23)21(27)15-33-25(29)17-11-13-18(14-12-17)26(30)34-16-22(28)20-8-4-6-10-24(20)32-2/h3-14H,15-16H2,1-2H3. The maximum Gasteiger partial charge on any atom is 0.338 e. The van der Waals surface area contributed by atoms with Crippen molar-refractivity contribution in [2.24, 2.45) is 0 Å². The number of rotatable bonds is 10. The first-order valence-electron chi connectivity index (χ1n) is 10.2. The Balaban J connectivity index is 1.54. The van der Waals surface area contributed by atoms with Crippen molar-refractivity contribution in [3.63, 3.8) is 0 Å². The summed E-state index contributed by atoms with van der Waals surface area (Å²) in [7, 11) is 2.89. The van der Waals surface area contributed by atoms with Crippen LogP contribution in [-0.2, 0) is 9.47 Å². The first-order chi connectivity index (χ1) is 16.4. The molecule has 34 heavy (non-hydrogen) atoms. The molecule has 0 aliphatic rings. The number of methoxy groups -OCH3 is 2. The van der Waals surface area contributed by atoms with Crippen LogP contribution >= 0.6 is 0 Å². The van der Waals surface area contributed by atoms with Gasteiger partial charge in [-0.3, -0.25) is 9.59 Å². The molecule has 8 nitrogen and oxygen atoms in total. The molecule has 0 saturated heterocycles. The van der Waals surface area contributed by atoms with Crippen LogP contribution in [0.1, 0.15) is 41.4 Å². The van der Waals surface area contributed by atoms with E-state index in [0.29, 0.717) is 22.6 Å². The lowest BCUT2D eigenvalue weighted by atomic mass is 10.1. The van der Waals surface area contributed by atoms with E-state index in [1.54, 1.807) is 48.5 Å². The van der Waals surface area contributed by atoms with Crippen LogP contribution < -0.4 is 9.47 Å². The summed E-state index contributed by atoms with van der Waals surface area (Å²) in [6.07, 6.45) is 0.